The first-order valence-electron chi connectivity index (χ1n) is 5.11. The Hall–Kier alpha value is -1.56. The zero-order valence-electron chi connectivity index (χ0n) is 9.36. The number of benzene rings is 1. The second kappa shape index (κ2) is 4.97. The maximum atomic E-state index is 13.3. The van der Waals surface area contributed by atoms with Crippen LogP contribution in [-0.2, 0) is 6.54 Å². The summed E-state index contributed by atoms with van der Waals surface area (Å²) in [4.78, 5) is 1.86. The van der Waals surface area contributed by atoms with Crippen molar-refractivity contribution < 1.29 is 17.6 Å². The molecule has 2 rings (SSSR count). The number of thiophene rings is 1. The van der Waals surface area contributed by atoms with Crippen LogP contribution in [0.4, 0.5) is 23.2 Å². The van der Waals surface area contributed by atoms with E-state index in [0.717, 1.165) is 9.75 Å². The van der Waals surface area contributed by atoms with Crippen molar-refractivity contribution in [3.8, 4) is 0 Å². The van der Waals surface area contributed by atoms with Crippen LogP contribution in [0.5, 0.6) is 0 Å². The fourth-order valence-electron chi connectivity index (χ4n) is 1.48. The number of hydrogen-bond acceptors (Lipinski definition) is 2. The lowest BCUT2D eigenvalue weighted by molar-refractivity contribution is 0.458. The highest BCUT2D eigenvalue weighted by Gasteiger charge is 2.18. The van der Waals surface area contributed by atoms with Gasteiger partial charge in [0, 0.05) is 22.4 Å². The van der Waals surface area contributed by atoms with Gasteiger partial charge < -0.3 is 5.32 Å². The molecule has 0 saturated heterocycles. The van der Waals surface area contributed by atoms with E-state index in [0.29, 0.717) is 0 Å². The Morgan fingerprint density at radius 1 is 1.06 bits per heavy atom. The maximum absolute atomic E-state index is 13.3. The highest BCUT2D eigenvalue weighted by Crippen LogP contribution is 2.25. The normalized spacial score (nSPS) is 10.7. The molecule has 0 unspecified atom stereocenters. The van der Waals surface area contributed by atoms with Crippen molar-refractivity contribution in [1.82, 2.24) is 0 Å². The van der Waals surface area contributed by atoms with Gasteiger partial charge in [0.05, 0.1) is 0 Å². The molecule has 1 aromatic carbocycles. The zero-order chi connectivity index (χ0) is 13.3. The van der Waals surface area contributed by atoms with Crippen LogP contribution in [0.25, 0.3) is 0 Å². The van der Waals surface area contributed by atoms with Crippen molar-refractivity contribution in [2.24, 2.45) is 0 Å². The molecule has 0 aliphatic heterocycles. The fraction of sp³-hybridized carbons (Fsp3) is 0.167. The van der Waals surface area contributed by atoms with Crippen LogP contribution >= 0.6 is 11.3 Å². The molecule has 0 radical (unpaired) electrons. The smallest absolute Gasteiger partial charge is 0.185 e. The van der Waals surface area contributed by atoms with E-state index >= 15 is 0 Å². The van der Waals surface area contributed by atoms with Crippen molar-refractivity contribution in [1.29, 1.82) is 0 Å². The van der Waals surface area contributed by atoms with E-state index in [2.05, 4.69) is 5.32 Å². The molecular formula is C12H9F4NS. The van der Waals surface area contributed by atoms with E-state index in [1.165, 1.54) is 11.3 Å². The first-order valence-corrected chi connectivity index (χ1v) is 5.93. The summed E-state index contributed by atoms with van der Waals surface area (Å²) in [5.74, 6) is -5.66. The van der Waals surface area contributed by atoms with Crippen LogP contribution in [-0.4, -0.2) is 0 Å². The Morgan fingerprint density at radius 2 is 1.67 bits per heavy atom. The van der Waals surface area contributed by atoms with Gasteiger partial charge in [-0.25, -0.2) is 17.6 Å². The Bertz CT molecular complexity index is 553. The van der Waals surface area contributed by atoms with Gasteiger partial charge in [-0.2, -0.15) is 0 Å². The predicted molar refractivity (Wildman–Crippen MR) is 62.7 cm³/mol. The van der Waals surface area contributed by atoms with Gasteiger partial charge in [-0.05, 0) is 19.1 Å². The van der Waals surface area contributed by atoms with E-state index < -0.39 is 29.0 Å². The summed E-state index contributed by atoms with van der Waals surface area (Å²) in [6.07, 6.45) is 0. The highest BCUT2D eigenvalue weighted by atomic mass is 32.1. The van der Waals surface area contributed by atoms with Crippen LogP contribution in [0.15, 0.2) is 18.2 Å². The number of anilines is 1. The van der Waals surface area contributed by atoms with Gasteiger partial charge in [-0.15, -0.1) is 11.3 Å². The molecular weight excluding hydrogens is 266 g/mol. The molecule has 0 bridgehead atoms. The van der Waals surface area contributed by atoms with E-state index in [9.17, 15) is 17.6 Å². The van der Waals surface area contributed by atoms with Gasteiger partial charge in [0.1, 0.15) is 5.69 Å². The van der Waals surface area contributed by atoms with Crippen LogP contribution < -0.4 is 5.32 Å². The van der Waals surface area contributed by atoms with Crippen molar-refractivity contribution in [3.05, 3.63) is 51.2 Å². The maximum Gasteiger partial charge on any atom is 0.185 e. The molecule has 1 heterocycles. The van der Waals surface area contributed by atoms with Crippen molar-refractivity contribution in [2.45, 2.75) is 13.5 Å². The monoisotopic (exact) mass is 275 g/mol. The summed E-state index contributed by atoms with van der Waals surface area (Å²) < 4.78 is 52.5. The van der Waals surface area contributed by atoms with Gasteiger partial charge in [0.25, 0.3) is 0 Å². The summed E-state index contributed by atoms with van der Waals surface area (Å²) in [6, 6.07) is 3.81. The molecule has 0 atom stereocenters. The van der Waals surface area contributed by atoms with Crippen LogP contribution in [0.3, 0.4) is 0 Å². The Morgan fingerprint density at radius 3 is 2.17 bits per heavy atom. The van der Waals surface area contributed by atoms with Gasteiger partial charge in [0.15, 0.2) is 23.3 Å². The first kappa shape index (κ1) is 12.9. The second-order valence-corrected chi connectivity index (χ2v) is 5.08. The minimum atomic E-state index is -1.42. The minimum absolute atomic E-state index is 0.106. The standard InChI is InChI=1S/C12H9F4NS/c1-6-2-3-7(18-6)5-17-12-10(15)8(13)4-9(14)11(12)16/h2-4,17H,5H2,1H3. The molecule has 1 nitrogen and oxygen atoms in total. The van der Waals surface area contributed by atoms with Crippen LogP contribution in [0, 0.1) is 30.2 Å². The first-order chi connectivity index (χ1) is 8.49. The predicted octanol–water partition coefficient (Wildman–Crippen LogP) is 4.23. The summed E-state index contributed by atoms with van der Waals surface area (Å²) >= 11 is 1.43. The van der Waals surface area contributed by atoms with Crippen molar-refractivity contribution in [2.75, 3.05) is 5.32 Å². The average molecular weight is 275 g/mol. The molecule has 2 aromatic rings. The Kier molecular flexibility index (Phi) is 3.56. The molecule has 6 heteroatoms. The van der Waals surface area contributed by atoms with E-state index in [4.69, 9.17) is 0 Å². The molecule has 0 amide bonds. The van der Waals surface area contributed by atoms with Crippen molar-refractivity contribution >= 4 is 17.0 Å². The quantitative estimate of drug-likeness (QED) is 0.653. The minimum Gasteiger partial charge on any atom is -0.375 e. The Balaban J connectivity index is 2.24. The van der Waals surface area contributed by atoms with Gasteiger partial charge in [0.2, 0.25) is 0 Å². The number of nitrogens with one attached hydrogen (secondary N) is 1. The summed E-state index contributed by atoms with van der Waals surface area (Å²) in [7, 11) is 0. The summed E-state index contributed by atoms with van der Waals surface area (Å²) in [5.41, 5.74) is -0.779. The second-order valence-electron chi connectivity index (χ2n) is 3.71. The Labute approximate surface area is 105 Å². The number of rotatable bonds is 3. The highest BCUT2D eigenvalue weighted by molar-refractivity contribution is 7.11. The third kappa shape index (κ3) is 2.48. The lowest BCUT2D eigenvalue weighted by Gasteiger charge is -2.08. The molecule has 96 valence electrons. The molecule has 18 heavy (non-hydrogen) atoms. The lowest BCUT2D eigenvalue weighted by Crippen LogP contribution is -2.06. The average Bonchev–Trinajstić information content (AvgIpc) is 2.73. The number of aryl methyl sites for hydroxylation is 1. The third-order valence-electron chi connectivity index (χ3n) is 2.35. The summed E-state index contributed by atoms with van der Waals surface area (Å²) in [6.45, 7) is 1.99. The van der Waals surface area contributed by atoms with E-state index in [-0.39, 0.29) is 12.6 Å². The van der Waals surface area contributed by atoms with Crippen molar-refractivity contribution in [3.63, 3.8) is 0 Å². The van der Waals surface area contributed by atoms with Gasteiger partial charge in [-0.3, -0.25) is 0 Å². The molecule has 0 fully saturated rings. The van der Waals surface area contributed by atoms with E-state index in [1.54, 1.807) is 6.07 Å². The largest absolute Gasteiger partial charge is 0.375 e. The van der Waals surface area contributed by atoms with E-state index in [1.807, 2.05) is 13.0 Å². The van der Waals surface area contributed by atoms with Crippen LogP contribution in [0.1, 0.15) is 9.75 Å². The molecule has 0 aliphatic rings. The fourth-order valence-corrected chi connectivity index (χ4v) is 2.31. The van der Waals surface area contributed by atoms with Gasteiger partial charge in [-0.1, -0.05) is 0 Å². The topological polar surface area (TPSA) is 12.0 Å². The SMILES string of the molecule is Cc1ccc(CNc2c(F)c(F)cc(F)c2F)s1. The summed E-state index contributed by atoms with van der Waals surface area (Å²) in [5, 5.41) is 2.37. The molecule has 1 aromatic heterocycles. The molecule has 1 N–H and O–H groups in total. The van der Waals surface area contributed by atoms with Gasteiger partial charge >= 0.3 is 0 Å². The molecule has 0 saturated carbocycles. The molecule has 0 aliphatic carbocycles. The third-order valence-corrected chi connectivity index (χ3v) is 3.35. The number of hydrogen-bond donors (Lipinski definition) is 1. The lowest BCUT2D eigenvalue weighted by atomic mass is 10.2. The number of halogens is 4. The van der Waals surface area contributed by atoms with Crippen LogP contribution in [0.2, 0.25) is 0 Å². The molecule has 0 spiro atoms. The zero-order valence-corrected chi connectivity index (χ0v) is 10.2.